The summed E-state index contributed by atoms with van der Waals surface area (Å²) in [5, 5.41) is 0. The molecule has 136 valence electrons. The number of hydrogen-bond acceptors (Lipinski definition) is 4. The second kappa shape index (κ2) is 10.3. The van der Waals surface area contributed by atoms with Gasteiger partial charge in [-0.15, -0.1) is 0 Å². The molecule has 0 aromatic heterocycles. The third kappa shape index (κ3) is 6.25. The molecule has 0 unspecified atom stereocenters. The van der Waals surface area contributed by atoms with Gasteiger partial charge in [-0.1, -0.05) is 62.6 Å². The molecule has 4 nitrogen and oxygen atoms in total. The fourth-order valence-corrected chi connectivity index (χ4v) is 2.47. The topological polar surface area (TPSA) is 36.9 Å². The van der Waals surface area contributed by atoms with Crippen LogP contribution >= 0.6 is 0 Å². The lowest BCUT2D eigenvalue weighted by atomic mass is 9.91. The molecule has 0 atom stereocenters. The lowest BCUT2D eigenvalue weighted by molar-refractivity contribution is -0.282. The maximum absolute atomic E-state index is 5.46. The highest BCUT2D eigenvalue weighted by Crippen LogP contribution is 2.30. The standard InChI is InChI=1S/C11H16O4.C10H12/c1-3-9-12-5-11(6-13-9)7-14-10(4-2)15-8-11;1-2-3-7-10-8-5-4-6-9-10/h3-4,9-10H,1-2,5-8H2;3-9H,2H2,1H3. The summed E-state index contributed by atoms with van der Waals surface area (Å²) in [4.78, 5) is 0. The lowest BCUT2D eigenvalue weighted by Crippen LogP contribution is -2.51. The molecule has 3 rings (SSSR count). The fraction of sp³-hybridized carbons (Fsp3) is 0.429. The Morgan fingerprint density at radius 3 is 1.80 bits per heavy atom. The maximum atomic E-state index is 5.46. The van der Waals surface area contributed by atoms with E-state index in [1.54, 1.807) is 12.2 Å². The molecular formula is C21H28O4. The van der Waals surface area contributed by atoms with Gasteiger partial charge in [0.1, 0.15) is 0 Å². The van der Waals surface area contributed by atoms with E-state index in [2.05, 4.69) is 56.5 Å². The summed E-state index contributed by atoms with van der Waals surface area (Å²) >= 11 is 0. The number of ether oxygens (including phenoxy) is 4. The van der Waals surface area contributed by atoms with Crippen molar-refractivity contribution in [2.75, 3.05) is 26.4 Å². The van der Waals surface area contributed by atoms with Crippen LogP contribution in [-0.4, -0.2) is 39.0 Å². The van der Waals surface area contributed by atoms with Crippen molar-refractivity contribution in [2.45, 2.75) is 25.9 Å². The van der Waals surface area contributed by atoms with Gasteiger partial charge in [-0.3, -0.25) is 0 Å². The Morgan fingerprint density at radius 1 is 0.920 bits per heavy atom. The molecule has 2 saturated heterocycles. The van der Waals surface area contributed by atoms with Crippen molar-refractivity contribution in [3.63, 3.8) is 0 Å². The zero-order valence-electron chi connectivity index (χ0n) is 14.9. The van der Waals surface area contributed by atoms with Crippen molar-refractivity contribution in [2.24, 2.45) is 5.41 Å². The van der Waals surface area contributed by atoms with Crippen molar-refractivity contribution in [1.82, 2.24) is 0 Å². The predicted molar refractivity (Wildman–Crippen MR) is 100.0 cm³/mol. The fourth-order valence-electron chi connectivity index (χ4n) is 2.47. The van der Waals surface area contributed by atoms with Gasteiger partial charge in [0, 0.05) is 0 Å². The monoisotopic (exact) mass is 344 g/mol. The SMILES string of the molecule is C=CC1OCC2(CO1)COC(C=C)OC2.CCC=Cc1ccccc1. The minimum Gasteiger partial charge on any atom is -0.348 e. The van der Waals surface area contributed by atoms with Crippen LogP contribution in [0, 0.1) is 5.41 Å². The molecule has 4 heteroatoms. The molecule has 0 aliphatic carbocycles. The Kier molecular flexibility index (Phi) is 8.09. The molecule has 2 aliphatic heterocycles. The van der Waals surface area contributed by atoms with E-state index in [1.807, 2.05) is 6.07 Å². The Bertz CT molecular complexity index is 507. The van der Waals surface area contributed by atoms with Crippen LogP contribution in [0.4, 0.5) is 0 Å². The zero-order chi connectivity index (χ0) is 18.0. The van der Waals surface area contributed by atoms with Crippen LogP contribution in [0.2, 0.25) is 0 Å². The van der Waals surface area contributed by atoms with Crippen molar-refractivity contribution >= 4 is 6.08 Å². The molecule has 2 aliphatic rings. The summed E-state index contributed by atoms with van der Waals surface area (Å²) < 4.78 is 21.9. The number of hydrogen-bond donors (Lipinski definition) is 0. The predicted octanol–water partition coefficient (Wildman–Crippen LogP) is 4.20. The van der Waals surface area contributed by atoms with Crippen LogP contribution in [0.15, 0.2) is 61.7 Å². The summed E-state index contributed by atoms with van der Waals surface area (Å²) in [7, 11) is 0. The quantitative estimate of drug-likeness (QED) is 0.767. The van der Waals surface area contributed by atoms with Crippen molar-refractivity contribution < 1.29 is 18.9 Å². The highest BCUT2D eigenvalue weighted by Gasteiger charge is 2.40. The first kappa shape index (κ1) is 19.6. The van der Waals surface area contributed by atoms with Gasteiger partial charge >= 0.3 is 0 Å². The van der Waals surface area contributed by atoms with E-state index in [4.69, 9.17) is 18.9 Å². The van der Waals surface area contributed by atoms with Crippen LogP contribution in [-0.2, 0) is 18.9 Å². The van der Waals surface area contributed by atoms with Crippen LogP contribution < -0.4 is 0 Å². The molecule has 0 radical (unpaired) electrons. The van der Waals surface area contributed by atoms with Gasteiger partial charge in [0.05, 0.1) is 31.8 Å². The molecule has 2 heterocycles. The highest BCUT2D eigenvalue weighted by molar-refractivity contribution is 5.48. The van der Waals surface area contributed by atoms with Crippen molar-refractivity contribution in [1.29, 1.82) is 0 Å². The zero-order valence-corrected chi connectivity index (χ0v) is 14.9. The van der Waals surface area contributed by atoms with Gasteiger partial charge in [-0.2, -0.15) is 0 Å². The Hall–Kier alpha value is -1.72. The first-order valence-electron chi connectivity index (χ1n) is 8.64. The van der Waals surface area contributed by atoms with Crippen molar-refractivity contribution in [3.8, 4) is 0 Å². The molecule has 0 amide bonds. The molecule has 1 aromatic rings. The van der Waals surface area contributed by atoms with E-state index < -0.39 is 0 Å². The Labute approximate surface area is 150 Å². The largest absolute Gasteiger partial charge is 0.348 e. The molecule has 25 heavy (non-hydrogen) atoms. The van der Waals surface area contributed by atoms with Crippen LogP contribution in [0.25, 0.3) is 6.08 Å². The Morgan fingerprint density at radius 2 is 1.40 bits per heavy atom. The molecule has 0 bridgehead atoms. The first-order valence-corrected chi connectivity index (χ1v) is 8.64. The third-order valence-corrected chi connectivity index (χ3v) is 3.95. The second-order valence-electron chi connectivity index (χ2n) is 6.17. The summed E-state index contributed by atoms with van der Waals surface area (Å²) in [5.41, 5.74) is 1.11. The minimum absolute atomic E-state index is 0.168. The van der Waals surface area contributed by atoms with Crippen LogP contribution in [0.3, 0.4) is 0 Å². The Balaban J connectivity index is 0.000000196. The second-order valence-corrected chi connectivity index (χ2v) is 6.17. The van der Waals surface area contributed by atoms with E-state index in [0.717, 1.165) is 6.42 Å². The average Bonchev–Trinajstić information content (AvgIpc) is 2.69. The summed E-state index contributed by atoms with van der Waals surface area (Å²) in [6.07, 6.45) is 8.10. The van der Waals surface area contributed by atoms with Gasteiger partial charge in [-0.25, -0.2) is 0 Å². The van der Waals surface area contributed by atoms with Gasteiger partial charge in [-0.05, 0) is 24.1 Å². The smallest absolute Gasteiger partial charge is 0.176 e. The summed E-state index contributed by atoms with van der Waals surface area (Å²) in [5.74, 6) is 0. The lowest BCUT2D eigenvalue weighted by Gasteiger charge is -2.42. The highest BCUT2D eigenvalue weighted by atomic mass is 16.7. The third-order valence-electron chi connectivity index (χ3n) is 3.95. The van der Waals surface area contributed by atoms with E-state index >= 15 is 0 Å². The van der Waals surface area contributed by atoms with Gasteiger partial charge in [0.15, 0.2) is 12.6 Å². The molecular weight excluding hydrogens is 316 g/mol. The molecule has 1 spiro atoms. The average molecular weight is 344 g/mol. The molecule has 0 N–H and O–H groups in total. The van der Waals surface area contributed by atoms with Crippen LogP contribution in [0.5, 0.6) is 0 Å². The van der Waals surface area contributed by atoms with E-state index in [1.165, 1.54) is 5.56 Å². The normalized spacial score (nSPS) is 29.0. The van der Waals surface area contributed by atoms with Crippen molar-refractivity contribution in [3.05, 3.63) is 67.3 Å². The molecule has 2 fully saturated rings. The van der Waals surface area contributed by atoms with E-state index in [0.29, 0.717) is 26.4 Å². The molecule has 0 saturated carbocycles. The molecule has 1 aromatic carbocycles. The van der Waals surface area contributed by atoms with E-state index in [-0.39, 0.29) is 18.0 Å². The van der Waals surface area contributed by atoms with Gasteiger partial charge in [0.25, 0.3) is 0 Å². The van der Waals surface area contributed by atoms with E-state index in [9.17, 15) is 0 Å². The number of rotatable bonds is 4. The van der Waals surface area contributed by atoms with Gasteiger partial charge < -0.3 is 18.9 Å². The number of allylic oxidation sites excluding steroid dienone is 1. The van der Waals surface area contributed by atoms with Crippen LogP contribution in [0.1, 0.15) is 18.9 Å². The maximum Gasteiger partial charge on any atom is 0.176 e. The number of benzene rings is 1. The summed E-state index contributed by atoms with van der Waals surface area (Å²) in [6.45, 7) is 11.7. The first-order chi connectivity index (χ1) is 12.2. The summed E-state index contributed by atoms with van der Waals surface area (Å²) in [6, 6.07) is 10.3. The minimum atomic E-state index is -0.298. The van der Waals surface area contributed by atoms with Gasteiger partial charge in [0.2, 0.25) is 0 Å².